The van der Waals surface area contributed by atoms with Crippen molar-refractivity contribution in [2.75, 3.05) is 6.61 Å². The molecule has 0 bridgehead atoms. The minimum atomic E-state index is -1.14. The maximum atomic E-state index is 13.4. The highest BCUT2D eigenvalue weighted by Crippen LogP contribution is 2.08. The average Bonchev–Trinajstić information content (AvgIpc) is 2.96. The van der Waals surface area contributed by atoms with Crippen LogP contribution in [0.4, 0.5) is 0 Å². The maximum absolute atomic E-state index is 13.4. The Balaban J connectivity index is 2.07. The fourth-order valence-electron chi connectivity index (χ4n) is 3.95. The molecule has 0 aliphatic carbocycles. The molecule has 0 spiro atoms. The molecule has 0 heterocycles. The van der Waals surface area contributed by atoms with Gasteiger partial charge in [-0.25, -0.2) is 4.79 Å². The van der Waals surface area contributed by atoms with Crippen molar-refractivity contribution in [3.63, 3.8) is 0 Å². The fraction of sp³-hybridized carbons (Fsp3) is 0.387. The van der Waals surface area contributed by atoms with E-state index >= 15 is 0 Å². The Morgan fingerprint density at radius 1 is 0.854 bits per heavy atom. The molecule has 0 fully saturated rings. The number of primary amides is 1. The van der Waals surface area contributed by atoms with Crippen LogP contribution in [0.15, 0.2) is 73.3 Å². The van der Waals surface area contributed by atoms with Crippen LogP contribution in [-0.4, -0.2) is 54.3 Å². The van der Waals surface area contributed by atoms with Gasteiger partial charge in [0.05, 0.1) is 6.61 Å². The number of nitrogens with one attached hydrogen (secondary N) is 3. The summed E-state index contributed by atoms with van der Waals surface area (Å²) in [7, 11) is 0. The third kappa shape index (κ3) is 13.0. The van der Waals surface area contributed by atoms with Crippen LogP contribution in [0.3, 0.4) is 0 Å². The molecule has 2 aromatic carbocycles. The van der Waals surface area contributed by atoms with Gasteiger partial charge in [0.25, 0.3) is 0 Å². The summed E-state index contributed by atoms with van der Waals surface area (Å²) in [6, 6.07) is 15.4. The molecular formula is C31H40N4O6. The number of hydrogen-bond donors (Lipinski definition) is 4. The fourth-order valence-corrected chi connectivity index (χ4v) is 3.95. The highest BCUT2D eigenvalue weighted by atomic mass is 16.5. The zero-order valence-electron chi connectivity index (χ0n) is 23.5. The number of rotatable bonds is 18. The summed E-state index contributed by atoms with van der Waals surface area (Å²) in [6.45, 7) is 5.28. The molecule has 0 aliphatic rings. The Morgan fingerprint density at radius 3 is 2.07 bits per heavy atom. The zero-order chi connectivity index (χ0) is 30.0. The van der Waals surface area contributed by atoms with Gasteiger partial charge in [-0.15, -0.1) is 6.58 Å². The molecule has 5 N–H and O–H groups in total. The first-order valence-corrected chi connectivity index (χ1v) is 13.7. The lowest BCUT2D eigenvalue weighted by Crippen LogP contribution is -2.56. The Morgan fingerprint density at radius 2 is 1.46 bits per heavy atom. The van der Waals surface area contributed by atoms with Gasteiger partial charge in [-0.05, 0) is 43.7 Å². The SMILES string of the molecule is C=CCCCOC(=O)[C@H](CCC(N)=O)NC(=O)[C@H](Cc1ccccc1)NC(=O)[C@H](C)NC(=O)CCc1ccccc1. The van der Waals surface area contributed by atoms with Crippen molar-refractivity contribution in [2.24, 2.45) is 5.73 Å². The van der Waals surface area contributed by atoms with Crippen LogP contribution in [-0.2, 0) is 41.6 Å². The molecule has 0 aliphatic heterocycles. The van der Waals surface area contributed by atoms with Crippen molar-refractivity contribution in [3.05, 3.63) is 84.4 Å². The summed E-state index contributed by atoms with van der Waals surface area (Å²) in [4.78, 5) is 62.9. The summed E-state index contributed by atoms with van der Waals surface area (Å²) in [6.07, 6.45) is 3.57. The minimum absolute atomic E-state index is 0.0543. The van der Waals surface area contributed by atoms with Crippen molar-refractivity contribution in [1.29, 1.82) is 0 Å². The van der Waals surface area contributed by atoms with E-state index in [9.17, 15) is 24.0 Å². The van der Waals surface area contributed by atoms with E-state index in [1.54, 1.807) is 30.3 Å². The monoisotopic (exact) mass is 564 g/mol. The number of carbonyl (C=O) groups is 5. The number of amides is 4. The molecule has 41 heavy (non-hydrogen) atoms. The average molecular weight is 565 g/mol. The lowest BCUT2D eigenvalue weighted by molar-refractivity contribution is -0.148. The van der Waals surface area contributed by atoms with Crippen LogP contribution in [0.25, 0.3) is 0 Å². The van der Waals surface area contributed by atoms with Crippen molar-refractivity contribution in [1.82, 2.24) is 16.0 Å². The Kier molecular flexibility index (Phi) is 14.4. The standard InChI is InChI=1S/C31H40N4O6/c1-3-4-11-20-41-31(40)25(17-18-27(32)36)34-30(39)26(21-24-14-9-6-10-15-24)35-29(38)22(2)33-28(37)19-16-23-12-7-5-8-13-23/h3,5-10,12-15,22,25-26H,1,4,11,16-21H2,2H3,(H2,32,36)(H,33,37)(H,34,39)(H,35,38)/t22-,25-,26-/m0/s1. The molecule has 10 nitrogen and oxygen atoms in total. The number of nitrogens with two attached hydrogens (primary N) is 1. The van der Waals surface area contributed by atoms with Crippen molar-refractivity contribution in [2.45, 2.75) is 70.0 Å². The van der Waals surface area contributed by atoms with Gasteiger partial charge in [-0.1, -0.05) is 66.7 Å². The molecule has 0 saturated carbocycles. The second-order valence-corrected chi connectivity index (χ2v) is 9.69. The summed E-state index contributed by atoms with van der Waals surface area (Å²) in [5.41, 5.74) is 7.04. The van der Waals surface area contributed by atoms with Gasteiger partial charge in [0.2, 0.25) is 23.6 Å². The molecule has 0 radical (unpaired) electrons. The smallest absolute Gasteiger partial charge is 0.328 e. The first kappa shape index (κ1) is 32.7. The number of hydrogen-bond acceptors (Lipinski definition) is 6. The number of benzene rings is 2. The van der Waals surface area contributed by atoms with E-state index in [2.05, 4.69) is 22.5 Å². The van der Waals surface area contributed by atoms with Gasteiger partial charge >= 0.3 is 5.97 Å². The van der Waals surface area contributed by atoms with Gasteiger partial charge < -0.3 is 26.4 Å². The van der Waals surface area contributed by atoms with E-state index in [4.69, 9.17) is 10.5 Å². The lowest BCUT2D eigenvalue weighted by Gasteiger charge is -2.24. The number of esters is 1. The molecule has 10 heteroatoms. The Hall–Kier alpha value is -4.47. The lowest BCUT2D eigenvalue weighted by atomic mass is 10.0. The molecule has 0 unspecified atom stereocenters. The van der Waals surface area contributed by atoms with E-state index in [0.717, 1.165) is 11.1 Å². The summed E-state index contributed by atoms with van der Waals surface area (Å²) < 4.78 is 5.27. The molecule has 2 aromatic rings. The van der Waals surface area contributed by atoms with Crippen molar-refractivity contribution >= 4 is 29.6 Å². The number of aryl methyl sites for hydroxylation is 1. The first-order valence-electron chi connectivity index (χ1n) is 13.7. The quantitative estimate of drug-likeness (QED) is 0.123. The predicted molar refractivity (Wildman–Crippen MR) is 155 cm³/mol. The second-order valence-electron chi connectivity index (χ2n) is 9.69. The molecule has 0 saturated heterocycles. The van der Waals surface area contributed by atoms with E-state index < -0.39 is 41.8 Å². The third-order valence-electron chi connectivity index (χ3n) is 6.25. The summed E-state index contributed by atoms with van der Waals surface area (Å²) in [5, 5.41) is 7.97. The third-order valence-corrected chi connectivity index (χ3v) is 6.25. The number of carbonyl (C=O) groups excluding carboxylic acids is 5. The minimum Gasteiger partial charge on any atom is -0.464 e. The van der Waals surface area contributed by atoms with Crippen molar-refractivity contribution in [3.8, 4) is 0 Å². The largest absolute Gasteiger partial charge is 0.464 e. The normalized spacial score (nSPS) is 12.7. The van der Waals surface area contributed by atoms with Gasteiger partial charge in [-0.3, -0.25) is 19.2 Å². The van der Waals surface area contributed by atoms with Gasteiger partial charge in [0.1, 0.15) is 18.1 Å². The first-order chi connectivity index (χ1) is 19.7. The highest BCUT2D eigenvalue weighted by Gasteiger charge is 2.29. The van der Waals surface area contributed by atoms with E-state index in [0.29, 0.717) is 19.3 Å². The van der Waals surface area contributed by atoms with Crippen LogP contribution in [0.2, 0.25) is 0 Å². The predicted octanol–water partition coefficient (Wildman–Crippen LogP) is 2.11. The second kappa shape index (κ2) is 18.0. The van der Waals surface area contributed by atoms with Gasteiger partial charge in [0, 0.05) is 19.3 Å². The van der Waals surface area contributed by atoms with Gasteiger partial charge in [0.15, 0.2) is 0 Å². The molecule has 2 rings (SSSR count). The molecule has 0 aromatic heterocycles. The number of allylic oxidation sites excluding steroid dienone is 1. The molecular weight excluding hydrogens is 524 g/mol. The van der Waals surface area contributed by atoms with E-state index in [1.165, 1.54) is 6.92 Å². The molecule has 3 atom stereocenters. The summed E-state index contributed by atoms with van der Waals surface area (Å²) >= 11 is 0. The van der Waals surface area contributed by atoms with Crippen LogP contribution >= 0.6 is 0 Å². The number of unbranched alkanes of at least 4 members (excludes halogenated alkanes) is 1. The maximum Gasteiger partial charge on any atom is 0.328 e. The Labute approximate surface area is 241 Å². The Bertz CT molecular complexity index is 1160. The summed E-state index contributed by atoms with van der Waals surface area (Å²) in [5.74, 6) is -2.83. The van der Waals surface area contributed by atoms with Crippen molar-refractivity contribution < 1.29 is 28.7 Å². The number of ether oxygens (including phenoxy) is 1. The van der Waals surface area contributed by atoms with E-state index in [-0.39, 0.29) is 38.2 Å². The topological polar surface area (TPSA) is 157 Å². The van der Waals surface area contributed by atoms with Gasteiger partial charge in [-0.2, -0.15) is 0 Å². The van der Waals surface area contributed by atoms with Crippen LogP contribution < -0.4 is 21.7 Å². The van der Waals surface area contributed by atoms with E-state index in [1.807, 2.05) is 36.4 Å². The molecule has 220 valence electrons. The van der Waals surface area contributed by atoms with Crippen LogP contribution in [0, 0.1) is 0 Å². The van der Waals surface area contributed by atoms with Crippen LogP contribution in [0.5, 0.6) is 0 Å². The van der Waals surface area contributed by atoms with Crippen LogP contribution in [0.1, 0.15) is 50.2 Å². The highest BCUT2D eigenvalue weighted by molar-refractivity contribution is 5.93. The zero-order valence-corrected chi connectivity index (χ0v) is 23.5. The molecule has 4 amide bonds.